The maximum Gasteiger partial charge on any atom is 0.216 e. The van der Waals surface area contributed by atoms with Gasteiger partial charge in [-0.3, -0.25) is 0 Å². The van der Waals surface area contributed by atoms with E-state index in [2.05, 4.69) is 4.72 Å². The molecule has 0 aromatic rings. The van der Waals surface area contributed by atoms with Crippen LogP contribution in [0.4, 0.5) is 0 Å². The summed E-state index contributed by atoms with van der Waals surface area (Å²) in [6.07, 6.45) is 4.50. The highest BCUT2D eigenvalue weighted by Crippen LogP contribution is 2.27. The summed E-state index contributed by atoms with van der Waals surface area (Å²) in [5.41, 5.74) is 5.68. The molecule has 1 aliphatic carbocycles. The predicted octanol–water partition coefficient (Wildman–Crippen LogP) is 0.458. The van der Waals surface area contributed by atoms with E-state index in [0.29, 0.717) is 12.5 Å². The van der Waals surface area contributed by atoms with Gasteiger partial charge in [-0.1, -0.05) is 12.8 Å². The first-order valence-corrected chi connectivity index (χ1v) is 7.76. The lowest BCUT2D eigenvalue weighted by atomic mass is 9.99. The molecule has 102 valence electrons. The van der Waals surface area contributed by atoms with Crippen LogP contribution < -0.4 is 10.5 Å². The number of hydrogen-bond acceptors (Lipinski definition) is 4. The van der Waals surface area contributed by atoms with Gasteiger partial charge in [0.1, 0.15) is 0 Å². The molecule has 1 rings (SSSR count). The Labute approximate surface area is 104 Å². The molecule has 0 spiro atoms. The molecule has 2 unspecified atom stereocenters. The van der Waals surface area contributed by atoms with Crippen molar-refractivity contribution < 1.29 is 13.2 Å². The summed E-state index contributed by atoms with van der Waals surface area (Å²) in [5.74, 6) is 0.393. The predicted molar refractivity (Wildman–Crippen MR) is 68.2 cm³/mol. The van der Waals surface area contributed by atoms with Crippen LogP contribution in [0.3, 0.4) is 0 Å². The quantitative estimate of drug-likeness (QED) is 0.700. The number of methoxy groups -OCH3 is 1. The Morgan fingerprint density at radius 1 is 1.41 bits per heavy atom. The fourth-order valence-electron chi connectivity index (χ4n) is 2.35. The average Bonchev–Trinajstić information content (AvgIpc) is 2.79. The topological polar surface area (TPSA) is 81.4 Å². The van der Waals surface area contributed by atoms with E-state index in [1.165, 1.54) is 20.0 Å². The van der Waals surface area contributed by atoms with E-state index in [9.17, 15) is 8.42 Å². The second-order valence-electron chi connectivity index (χ2n) is 4.82. The van der Waals surface area contributed by atoms with Crippen molar-refractivity contribution in [2.45, 2.75) is 43.9 Å². The van der Waals surface area contributed by atoms with Gasteiger partial charge in [0.2, 0.25) is 10.0 Å². The highest BCUT2D eigenvalue weighted by atomic mass is 32.2. The van der Waals surface area contributed by atoms with Gasteiger partial charge >= 0.3 is 0 Å². The lowest BCUT2D eigenvalue weighted by Gasteiger charge is -2.24. The van der Waals surface area contributed by atoms with Crippen LogP contribution in [-0.2, 0) is 14.8 Å². The van der Waals surface area contributed by atoms with Crippen LogP contribution in [-0.4, -0.2) is 40.0 Å². The van der Waals surface area contributed by atoms with E-state index < -0.39 is 15.3 Å². The van der Waals surface area contributed by atoms with E-state index in [4.69, 9.17) is 10.5 Å². The molecule has 0 amide bonds. The zero-order chi connectivity index (χ0) is 12.9. The molecule has 0 heterocycles. The molecule has 6 heteroatoms. The van der Waals surface area contributed by atoms with Crippen molar-refractivity contribution in [3.8, 4) is 0 Å². The third-order valence-electron chi connectivity index (χ3n) is 3.47. The molecule has 3 N–H and O–H groups in total. The second kappa shape index (κ2) is 6.68. The van der Waals surface area contributed by atoms with Gasteiger partial charge in [-0.25, -0.2) is 13.1 Å². The molecule has 2 atom stereocenters. The van der Waals surface area contributed by atoms with E-state index in [1.54, 1.807) is 6.92 Å². The zero-order valence-electron chi connectivity index (χ0n) is 10.7. The number of nitrogens with one attached hydrogen (secondary N) is 1. The summed E-state index contributed by atoms with van der Waals surface area (Å²) in [6, 6.07) is -0.123. The Hall–Kier alpha value is -0.170. The SMILES string of the molecule is COCC(C)S(=O)(=O)NC(CN)C1CCCC1. The van der Waals surface area contributed by atoms with Gasteiger partial charge in [0, 0.05) is 19.7 Å². The maximum absolute atomic E-state index is 12.0. The van der Waals surface area contributed by atoms with Crippen molar-refractivity contribution in [2.24, 2.45) is 11.7 Å². The fraction of sp³-hybridized carbons (Fsp3) is 1.00. The van der Waals surface area contributed by atoms with E-state index in [1.807, 2.05) is 0 Å². The fourth-order valence-corrected chi connectivity index (χ4v) is 3.61. The van der Waals surface area contributed by atoms with Gasteiger partial charge in [-0.2, -0.15) is 0 Å². The second-order valence-corrected chi connectivity index (χ2v) is 6.95. The lowest BCUT2D eigenvalue weighted by molar-refractivity contribution is 0.199. The Morgan fingerprint density at radius 3 is 2.47 bits per heavy atom. The van der Waals surface area contributed by atoms with Crippen molar-refractivity contribution in [3.05, 3.63) is 0 Å². The van der Waals surface area contributed by atoms with Crippen LogP contribution in [0.2, 0.25) is 0 Å². The van der Waals surface area contributed by atoms with Gasteiger partial charge in [-0.05, 0) is 25.7 Å². The third-order valence-corrected chi connectivity index (χ3v) is 5.30. The van der Waals surface area contributed by atoms with Gasteiger partial charge in [-0.15, -0.1) is 0 Å². The molecule has 0 radical (unpaired) electrons. The first kappa shape index (κ1) is 14.9. The standard InChI is InChI=1S/C11H24N2O3S/c1-9(8-16-2)17(14,15)13-11(7-12)10-5-3-4-6-10/h9-11,13H,3-8,12H2,1-2H3. The van der Waals surface area contributed by atoms with Gasteiger partial charge in [0.15, 0.2) is 0 Å². The summed E-state index contributed by atoms with van der Waals surface area (Å²) in [4.78, 5) is 0. The highest BCUT2D eigenvalue weighted by molar-refractivity contribution is 7.90. The maximum atomic E-state index is 12.0. The zero-order valence-corrected chi connectivity index (χ0v) is 11.5. The molecule has 0 aliphatic heterocycles. The van der Waals surface area contributed by atoms with Crippen molar-refractivity contribution in [3.63, 3.8) is 0 Å². The summed E-state index contributed by atoms with van der Waals surface area (Å²) in [7, 11) is -1.82. The summed E-state index contributed by atoms with van der Waals surface area (Å²) >= 11 is 0. The minimum Gasteiger partial charge on any atom is -0.383 e. The van der Waals surface area contributed by atoms with Crippen molar-refractivity contribution in [1.29, 1.82) is 0 Å². The van der Waals surface area contributed by atoms with Crippen molar-refractivity contribution in [2.75, 3.05) is 20.3 Å². The molecular formula is C11H24N2O3S. The minimum atomic E-state index is -3.33. The summed E-state index contributed by atoms with van der Waals surface area (Å²) < 4.78 is 31.6. The number of nitrogens with two attached hydrogens (primary N) is 1. The van der Waals surface area contributed by atoms with Gasteiger partial charge in [0.25, 0.3) is 0 Å². The molecular weight excluding hydrogens is 240 g/mol. The lowest BCUT2D eigenvalue weighted by Crippen LogP contribution is -2.48. The monoisotopic (exact) mass is 264 g/mol. The first-order valence-electron chi connectivity index (χ1n) is 6.21. The minimum absolute atomic E-state index is 0.123. The first-order chi connectivity index (χ1) is 8.01. The van der Waals surface area contributed by atoms with Gasteiger partial charge < -0.3 is 10.5 Å². The van der Waals surface area contributed by atoms with Crippen molar-refractivity contribution >= 4 is 10.0 Å². The Balaban J connectivity index is 2.60. The Morgan fingerprint density at radius 2 is 2.00 bits per heavy atom. The molecule has 17 heavy (non-hydrogen) atoms. The summed E-state index contributed by atoms with van der Waals surface area (Å²) in [6.45, 7) is 2.22. The van der Waals surface area contributed by atoms with E-state index in [-0.39, 0.29) is 12.6 Å². The number of hydrogen-bond donors (Lipinski definition) is 2. The third kappa shape index (κ3) is 4.21. The van der Waals surface area contributed by atoms with E-state index in [0.717, 1.165) is 12.8 Å². The molecule has 1 fully saturated rings. The largest absolute Gasteiger partial charge is 0.383 e. The van der Waals surface area contributed by atoms with Crippen LogP contribution in [0.25, 0.3) is 0 Å². The number of rotatable bonds is 7. The van der Waals surface area contributed by atoms with Gasteiger partial charge in [0.05, 0.1) is 11.9 Å². The van der Waals surface area contributed by atoms with Crippen LogP contribution >= 0.6 is 0 Å². The molecule has 1 saturated carbocycles. The van der Waals surface area contributed by atoms with Crippen LogP contribution in [0.5, 0.6) is 0 Å². The normalized spacial score (nSPS) is 21.6. The number of ether oxygens (including phenoxy) is 1. The smallest absolute Gasteiger partial charge is 0.216 e. The highest BCUT2D eigenvalue weighted by Gasteiger charge is 2.30. The Kier molecular flexibility index (Phi) is 5.85. The Bertz CT molecular complexity index is 313. The molecule has 0 saturated heterocycles. The molecule has 1 aliphatic rings. The number of sulfonamides is 1. The molecule has 5 nitrogen and oxygen atoms in total. The average molecular weight is 264 g/mol. The van der Waals surface area contributed by atoms with Crippen LogP contribution in [0.15, 0.2) is 0 Å². The van der Waals surface area contributed by atoms with Crippen molar-refractivity contribution in [1.82, 2.24) is 4.72 Å². The molecule has 0 aromatic carbocycles. The van der Waals surface area contributed by atoms with Crippen LogP contribution in [0.1, 0.15) is 32.6 Å². The summed E-state index contributed by atoms with van der Waals surface area (Å²) in [5, 5.41) is -0.539. The van der Waals surface area contributed by atoms with E-state index >= 15 is 0 Å². The molecule has 0 bridgehead atoms. The van der Waals surface area contributed by atoms with Crippen LogP contribution in [0, 0.1) is 5.92 Å². The molecule has 0 aromatic heterocycles.